The molecule has 0 bridgehead atoms. The lowest BCUT2D eigenvalue weighted by Gasteiger charge is -2.37. The summed E-state index contributed by atoms with van der Waals surface area (Å²) in [5, 5.41) is 27.4. The highest BCUT2D eigenvalue weighted by molar-refractivity contribution is 6.05. The van der Waals surface area contributed by atoms with Gasteiger partial charge in [0.1, 0.15) is 34.9 Å². The predicted octanol–water partition coefficient (Wildman–Crippen LogP) is 1.58. The monoisotopic (exact) mass is 507 g/mol. The van der Waals surface area contributed by atoms with E-state index in [1.54, 1.807) is 14.2 Å². The van der Waals surface area contributed by atoms with Crippen molar-refractivity contribution in [2.24, 2.45) is 10.8 Å². The molecular formula is C26H33N7O4. The third kappa shape index (κ3) is 6.26. The molecule has 6 N–H and O–H groups in total. The Labute approximate surface area is 216 Å². The summed E-state index contributed by atoms with van der Waals surface area (Å²) in [4.78, 5) is 14.1. The molecule has 1 unspecified atom stereocenters. The van der Waals surface area contributed by atoms with Gasteiger partial charge in [0.25, 0.3) is 0 Å². The number of amidine groups is 1. The number of anilines is 2. The average molecular weight is 508 g/mol. The van der Waals surface area contributed by atoms with Crippen molar-refractivity contribution in [3.63, 3.8) is 0 Å². The van der Waals surface area contributed by atoms with Crippen LogP contribution in [0.3, 0.4) is 0 Å². The number of aromatic nitrogens is 2. The predicted molar refractivity (Wildman–Crippen MR) is 142 cm³/mol. The van der Waals surface area contributed by atoms with E-state index in [0.29, 0.717) is 48.4 Å². The molecule has 1 atom stereocenters. The van der Waals surface area contributed by atoms with Crippen molar-refractivity contribution in [3.05, 3.63) is 71.2 Å². The lowest BCUT2D eigenvalue weighted by molar-refractivity contribution is 0.268. The van der Waals surface area contributed by atoms with Gasteiger partial charge in [0.2, 0.25) is 0 Å². The van der Waals surface area contributed by atoms with Crippen LogP contribution >= 0.6 is 0 Å². The fraction of sp³-hybridized carbons (Fsp3) is 0.346. The number of nitrogens with one attached hydrogen (secondary N) is 2. The first-order chi connectivity index (χ1) is 18.1. The number of hydrogen-bond acceptors (Lipinski definition) is 10. The topological polar surface area (TPSA) is 150 Å². The molecule has 3 aromatic rings. The number of rotatable bonds is 11. The molecule has 196 valence electrons. The van der Waals surface area contributed by atoms with Crippen LogP contribution in [0, 0.1) is 0 Å². The van der Waals surface area contributed by atoms with Crippen LogP contribution < -0.4 is 31.0 Å². The number of aliphatic hydroxyl groups is 2. The van der Waals surface area contributed by atoms with Crippen LogP contribution in [-0.4, -0.2) is 59.6 Å². The van der Waals surface area contributed by atoms with Gasteiger partial charge in [0.05, 0.1) is 27.4 Å². The Kier molecular flexibility index (Phi) is 8.72. The molecule has 0 radical (unpaired) electrons. The van der Waals surface area contributed by atoms with Gasteiger partial charge in [-0.3, -0.25) is 10.0 Å². The molecule has 11 nitrogen and oxygen atoms in total. The number of methoxy groups -OCH3 is 2. The fourth-order valence-electron chi connectivity index (χ4n) is 3.98. The summed E-state index contributed by atoms with van der Waals surface area (Å²) in [7, 11) is 3.26. The molecule has 2 heterocycles. The van der Waals surface area contributed by atoms with E-state index < -0.39 is 6.17 Å². The summed E-state index contributed by atoms with van der Waals surface area (Å²) in [6, 6.07) is 15.4. The molecule has 0 saturated heterocycles. The van der Waals surface area contributed by atoms with E-state index in [0.717, 1.165) is 22.6 Å². The summed E-state index contributed by atoms with van der Waals surface area (Å²) in [5.41, 5.74) is 3.12. The van der Waals surface area contributed by atoms with E-state index in [-0.39, 0.29) is 19.6 Å². The standard InChI is InChI=1S/C26H33N7O4/c1-36-19-7-3-17(4-8-19)15-28-25-23-24(33(27)22(32-25)12-14-35)26(31-21(30-23)11-13-34)29-16-18-5-9-20(37-2)10-6-18/h3-10,22,34-35H,11-16,27H2,1-2H3,(H,28,32)(H,29,30,31). The Morgan fingerprint density at radius 2 is 1.62 bits per heavy atom. The first kappa shape index (κ1) is 26.1. The van der Waals surface area contributed by atoms with E-state index >= 15 is 0 Å². The van der Waals surface area contributed by atoms with Crippen LogP contribution in [0.15, 0.2) is 53.5 Å². The molecule has 2 aromatic carbocycles. The molecule has 37 heavy (non-hydrogen) atoms. The van der Waals surface area contributed by atoms with Crippen LogP contribution in [0.25, 0.3) is 0 Å². The Balaban J connectivity index is 1.70. The van der Waals surface area contributed by atoms with Crippen molar-refractivity contribution in [1.29, 1.82) is 0 Å². The SMILES string of the molecule is COc1ccc(CN=C2NC(CCO)N(N)c3c(NCc4ccc(OC)cc4)nc(CCO)nc32)cc1. The maximum absolute atomic E-state index is 9.65. The van der Waals surface area contributed by atoms with Crippen molar-refractivity contribution in [2.45, 2.75) is 32.1 Å². The van der Waals surface area contributed by atoms with Gasteiger partial charge in [0, 0.05) is 26.0 Å². The van der Waals surface area contributed by atoms with Crippen molar-refractivity contribution in [2.75, 3.05) is 37.8 Å². The summed E-state index contributed by atoms with van der Waals surface area (Å²) in [6.45, 7) is 0.721. The van der Waals surface area contributed by atoms with E-state index in [2.05, 4.69) is 20.6 Å². The second kappa shape index (κ2) is 12.3. The maximum Gasteiger partial charge on any atom is 0.155 e. The van der Waals surface area contributed by atoms with Gasteiger partial charge in [-0.25, -0.2) is 15.8 Å². The van der Waals surface area contributed by atoms with Crippen molar-refractivity contribution >= 4 is 17.3 Å². The number of nitrogens with zero attached hydrogens (tertiary/aromatic N) is 4. The summed E-state index contributed by atoms with van der Waals surface area (Å²) >= 11 is 0. The minimum absolute atomic E-state index is 0.0650. The Morgan fingerprint density at radius 1 is 0.973 bits per heavy atom. The number of ether oxygens (including phenoxy) is 2. The zero-order valence-corrected chi connectivity index (χ0v) is 21.0. The highest BCUT2D eigenvalue weighted by Gasteiger charge is 2.32. The minimum Gasteiger partial charge on any atom is -0.497 e. The number of benzene rings is 2. The molecule has 0 aliphatic carbocycles. The first-order valence-corrected chi connectivity index (χ1v) is 12.0. The first-order valence-electron chi connectivity index (χ1n) is 12.0. The van der Waals surface area contributed by atoms with Gasteiger partial charge in [0.15, 0.2) is 11.7 Å². The third-order valence-corrected chi connectivity index (χ3v) is 5.99. The second-order valence-corrected chi connectivity index (χ2v) is 8.45. The molecule has 0 fully saturated rings. The highest BCUT2D eigenvalue weighted by Crippen LogP contribution is 2.32. The van der Waals surface area contributed by atoms with Gasteiger partial charge in [-0.15, -0.1) is 0 Å². The van der Waals surface area contributed by atoms with Crippen molar-refractivity contribution in [1.82, 2.24) is 15.3 Å². The van der Waals surface area contributed by atoms with Crippen LogP contribution in [0.2, 0.25) is 0 Å². The third-order valence-electron chi connectivity index (χ3n) is 5.99. The lowest BCUT2D eigenvalue weighted by Crippen LogP contribution is -2.57. The van der Waals surface area contributed by atoms with E-state index in [1.165, 1.54) is 5.01 Å². The molecule has 1 aliphatic heterocycles. The summed E-state index contributed by atoms with van der Waals surface area (Å²) in [6.07, 6.45) is 0.232. The maximum atomic E-state index is 9.65. The molecule has 1 aromatic heterocycles. The Morgan fingerprint density at radius 3 is 2.22 bits per heavy atom. The number of aliphatic imine (C=N–C) groups is 1. The van der Waals surface area contributed by atoms with Crippen molar-refractivity contribution in [3.8, 4) is 11.5 Å². The van der Waals surface area contributed by atoms with E-state index in [1.807, 2.05) is 48.5 Å². The number of nitrogens with two attached hydrogens (primary N) is 1. The summed E-state index contributed by atoms with van der Waals surface area (Å²) in [5.74, 6) is 9.59. The van der Waals surface area contributed by atoms with E-state index in [4.69, 9.17) is 20.3 Å². The molecule has 1 aliphatic rings. The zero-order valence-electron chi connectivity index (χ0n) is 21.0. The number of fused-ring (bicyclic) bond motifs is 1. The van der Waals surface area contributed by atoms with Crippen molar-refractivity contribution < 1.29 is 19.7 Å². The van der Waals surface area contributed by atoms with Gasteiger partial charge in [-0.1, -0.05) is 24.3 Å². The fourth-order valence-corrected chi connectivity index (χ4v) is 3.98. The lowest BCUT2D eigenvalue weighted by atomic mass is 10.1. The number of aliphatic hydroxyl groups excluding tert-OH is 2. The smallest absolute Gasteiger partial charge is 0.155 e. The number of hydrogen-bond donors (Lipinski definition) is 5. The van der Waals surface area contributed by atoms with Crippen LogP contribution in [0.5, 0.6) is 11.5 Å². The quantitative estimate of drug-likeness (QED) is 0.242. The Bertz CT molecular complexity index is 1200. The molecule has 11 heteroatoms. The largest absolute Gasteiger partial charge is 0.497 e. The zero-order chi connectivity index (χ0) is 26.2. The number of hydrazine groups is 1. The Hall–Kier alpha value is -3.93. The van der Waals surface area contributed by atoms with Gasteiger partial charge < -0.3 is 30.3 Å². The van der Waals surface area contributed by atoms with Crippen LogP contribution in [0.4, 0.5) is 11.5 Å². The molecule has 0 spiro atoms. The van der Waals surface area contributed by atoms with Gasteiger partial charge >= 0.3 is 0 Å². The minimum atomic E-state index is -0.416. The summed E-state index contributed by atoms with van der Waals surface area (Å²) < 4.78 is 10.5. The van der Waals surface area contributed by atoms with Gasteiger partial charge in [-0.05, 0) is 35.4 Å². The second-order valence-electron chi connectivity index (χ2n) is 8.45. The molecule has 0 saturated carbocycles. The average Bonchev–Trinajstić information content (AvgIpc) is 2.93. The molecule has 0 amide bonds. The van der Waals surface area contributed by atoms with Gasteiger partial charge in [-0.2, -0.15) is 0 Å². The van der Waals surface area contributed by atoms with E-state index in [9.17, 15) is 10.2 Å². The van der Waals surface area contributed by atoms with Crippen LogP contribution in [0.1, 0.15) is 29.1 Å². The molecule has 4 rings (SSSR count). The highest BCUT2D eigenvalue weighted by atomic mass is 16.5. The van der Waals surface area contributed by atoms with Crippen LogP contribution in [-0.2, 0) is 19.5 Å². The molecular weight excluding hydrogens is 474 g/mol. The normalized spacial score (nSPS) is 15.8.